The van der Waals surface area contributed by atoms with Gasteiger partial charge in [0.05, 0.1) is 19.6 Å². The smallest absolute Gasteiger partial charge is 0.762 e. The van der Waals surface area contributed by atoms with Gasteiger partial charge in [-0.25, -0.2) is 0 Å². The van der Waals surface area contributed by atoms with Gasteiger partial charge in [-0.2, -0.15) is 4.58 Å². The van der Waals surface area contributed by atoms with Gasteiger partial charge in [0.1, 0.15) is 18.5 Å². The van der Waals surface area contributed by atoms with E-state index in [0.29, 0.717) is 0 Å². The molecule has 0 bridgehead atoms. The van der Waals surface area contributed by atoms with E-state index in [2.05, 4.69) is 114 Å². The topological polar surface area (TPSA) is 24.7 Å². The van der Waals surface area contributed by atoms with Gasteiger partial charge in [0.2, 0.25) is 5.69 Å². The lowest BCUT2D eigenvalue weighted by Gasteiger charge is -2.24. The number of methoxy groups -OCH3 is 2. The molecule has 3 aliphatic rings. The summed E-state index contributed by atoms with van der Waals surface area (Å²) >= 11 is 7.10. The van der Waals surface area contributed by atoms with Crippen molar-refractivity contribution in [1.29, 1.82) is 0 Å². The molecule has 2 aliphatic heterocycles. The molecule has 0 N–H and O–H groups in total. The van der Waals surface area contributed by atoms with Gasteiger partial charge in [0.15, 0.2) is 5.71 Å². The summed E-state index contributed by atoms with van der Waals surface area (Å²) in [6.45, 7) is 13.5. The molecule has 248 valence electrons. The second-order valence-corrected chi connectivity index (χ2v) is 13.3. The Hall–Kier alpha value is -3.46. The van der Waals surface area contributed by atoms with E-state index in [-0.39, 0.29) is 15.5 Å². The predicted octanol–water partition coefficient (Wildman–Crippen LogP) is 6.68. The van der Waals surface area contributed by atoms with E-state index >= 15 is 0 Å². The molecule has 0 unspecified atom stereocenters. The zero-order chi connectivity index (χ0) is 33.4. The van der Waals surface area contributed by atoms with Crippen LogP contribution in [0.4, 0.5) is 24.3 Å². The van der Waals surface area contributed by atoms with Crippen molar-refractivity contribution in [1.82, 2.24) is 0 Å². The number of rotatable bonds is 5. The van der Waals surface area contributed by atoms with Crippen molar-refractivity contribution in [3.05, 3.63) is 92.7 Å². The second kappa shape index (κ2) is 14.1. The largest absolute Gasteiger partial charge is 1.00 e. The van der Waals surface area contributed by atoms with Crippen LogP contribution >= 0.6 is 11.6 Å². The summed E-state index contributed by atoms with van der Waals surface area (Å²) in [5.41, 5.74) is 12.2. The van der Waals surface area contributed by atoms with E-state index in [1.807, 2.05) is 0 Å². The lowest BCUT2D eigenvalue weighted by Crippen LogP contribution is -3.00. The van der Waals surface area contributed by atoms with Crippen LogP contribution in [0.2, 0.25) is 0 Å². The number of allylic oxidation sites excluding steroid dienone is 8. The van der Waals surface area contributed by atoms with Crippen molar-refractivity contribution in [3.8, 4) is 11.5 Å². The Morgan fingerprint density at radius 2 is 1.43 bits per heavy atom. The highest BCUT2D eigenvalue weighted by atomic mass is 35.5. The Bertz CT molecular complexity index is 1650. The van der Waals surface area contributed by atoms with Crippen molar-refractivity contribution in [2.45, 2.75) is 71.6 Å². The number of aryl methyl sites for hydroxylation is 2. The molecule has 0 atom stereocenters. The molecule has 0 spiro atoms. The second-order valence-electron chi connectivity index (χ2n) is 13.0. The summed E-state index contributed by atoms with van der Waals surface area (Å²) in [7, 11) is 4.13. The minimum Gasteiger partial charge on any atom is -1.00 e. The van der Waals surface area contributed by atoms with E-state index in [9.17, 15) is 12.9 Å². The highest BCUT2D eigenvalue weighted by Gasteiger charge is 2.44. The first-order valence-corrected chi connectivity index (χ1v) is 15.6. The van der Waals surface area contributed by atoms with Crippen LogP contribution in [-0.4, -0.2) is 46.1 Å². The summed E-state index contributed by atoms with van der Waals surface area (Å²) < 4.78 is 42.5. The molecule has 0 fully saturated rings. The fourth-order valence-corrected chi connectivity index (χ4v) is 7.45. The van der Waals surface area contributed by atoms with Gasteiger partial charge in [0.25, 0.3) is 0 Å². The zero-order valence-electron chi connectivity index (χ0n) is 28.4. The molecule has 0 saturated heterocycles. The monoisotopic (exact) mass is 658 g/mol. The lowest BCUT2D eigenvalue weighted by atomic mass is 9.80. The summed E-state index contributed by atoms with van der Waals surface area (Å²) in [5, 5.41) is 0.882. The average Bonchev–Trinajstić information content (AvgIpc) is 3.28. The average molecular weight is 659 g/mol. The number of ether oxygens (including phenoxy) is 2. The van der Waals surface area contributed by atoms with E-state index in [1.165, 1.54) is 56.2 Å². The third kappa shape index (κ3) is 6.80. The highest BCUT2D eigenvalue weighted by Crippen LogP contribution is 2.50. The normalized spacial score (nSPS) is 19.7. The number of halogens is 5. The van der Waals surface area contributed by atoms with Crippen LogP contribution in [0.5, 0.6) is 11.5 Å². The van der Waals surface area contributed by atoms with Crippen LogP contribution in [0.25, 0.3) is 0 Å². The van der Waals surface area contributed by atoms with Crippen molar-refractivity contribution < 1.29 is 31.7 Å². The van der Waals surface area contributed by atoms with Crippen LogP contribution < -0.4 is 19.1 Å². The van der Waals surface area contributed by atoms with Gasteiger partial charge < -0.3 is 19.1 Å². The third-order valence-corrected chi connectivity index (χ3v) is 9.87. The Morgan fingerprint density at radius 3 is 2.02 bits per heavy atom. The minimum absolute atomic E-state index is 0. The van der Waals surface area contributed by atoms with Crippen molar-refractivity contribution in [3.63, 3.8) is 0 Å². The summed E-state index contributed by atoms with van der Waals surface area (Å²) in [5.74, 6) is 1.81. The van der Waals surface area contributed by atoms with Crippen LogP contribution in [-0.2, 0) is 10.8 Å². The van der Waals surface area contributed by atoms with Crippen molar-refractivity contribution in [2.75, 3.05) is 33.2 Å². The van der Waals surface area contributed by atoms with Crippen molar-refractivity contribution >= 4 is 36.2 Å². The Labute approximate surface area is 276 Å². The maximum absolute atomic E-state index is 9.67. The molecule has 1 aliphatic carbocycles. The molecule has 5 rings (SSSR count). The van der Waals surface area contributed by atoms with E-state index < -0.39 is 7.54 Å². The maximum atomic E-state index is 9.67. The SMILES string of the molecule is COc1cc(C)c2c(c1)C(C)(C)C(/C=C/C1=C(Cl)C(=C/C=C3\N(C)c4c(C)cc(OC)cc4C3(C)C)/CCC1)=[N+]2C.FB(F)F.[F-]. The molecule has 0 aromatic heterocycles. The highest BCUT2D eigenvalue weighted by molar-refractivity contribution is 6.33. The van der Waals surface area contributed by atoms with Crippen LogP contribution in [0.15, 0.2) is 70.4 Å². The minimum atomic E-state index is -3.67. The fourth-order valence-electron chi connectivity index (χ4n) is 7.13. The standard InChI is InChI=1S/C36H44ClN2O2.BF3.FH/c1-22-18-26(40-9)20-28-33(22)38(7)30(35(28,3)4)16-14-24-12-11-13-25(32(24)37)15-17-31-36(5,6)29-21-27(41-10)19-23(2)34(29)39(31)8;2-1(3)4;/h14-21H,11-13H2,1-10H3;;1H/q+1;;/p-1. The number of hydrogen-bond donors (Lipinski definition) is 0. The first kappa shape index (κ1) is 37.0. The van der Waals surface area contributed by atoms with E-state index in [1.54, 1.807) is 14.2 Å². The quantitative estimate of drug-likeness (QED) is 0.204. The van der Waals surface area contributed by atoms with Gasteiger partial charge in [-0.1, -0.05) is 37.6 Å². The van der Waals surface area contributed by atoms with E-state index in [0.717, 1.165) is 35.8 Å². The molecule has 0 radical (unpaired) electrons. The Morgan fingerprint density at radius 1 is 0.870 bits per heavy atom. The molecule has 0 saturated carbocycles. The molecular formula is C36H44BClF4N2O2. The number of fused-ring (bicyclic) bond motifs is 2. The van der Waals surface area contributed by atoms with Gasteiger partial charge in [0, 0.05) is 46.1 Å². The molecule has 0 amide bonds. The molecule has 10 heteroatoms. The number of benzene rings is 2. The molecule has 46 heavy (non-hydrogen) atoms. The molecule has 2 aromatic rings. The van der Waals surface area contributed by atoms with Gasteiger partial charge in [-0.05, 0) is 99.6 Å². The first-order valence-electron chi connectivity index (χ1n) is 15.2. The number of anilines is 1. The Kier molecular flexibility index (Phi) is 11.4. The zero-order valence-corrected chi connectivity index (χ0v) is 29.2. The molecule has 2 aromatic carbocycles. The molecule has 4 nitrogen and oxygen atoms in total. The maximum Gasteiger partial charge on any atom is 0.762 e. The van der Waals surface area contributed by atoms with Crippen molar-refractivity contribution in [2.24, 2.45) is 0 Å². The molecule has 2 heterocycles. The summed E-state index contributed by atoms with van der Waals surface area (Å²) in [4.78, 5) is 2.33. The van der Waals surface area contributed by atoms with Crippen LogP contribution in [0.1, 0.15) is 69.2 Å². The number of nitrogens with zero attached hydrogens (tertiary/aromatic N) is 2. The predicted molar refractivity (Wildman–Crippen MR) is 182 cm³/mol. The first-order chi connectivity index (χ1) is 21.1. The lowest BCUT2D eigenvalue weighted by molar-refractivity contribution is -0.402. The Balaban J connectivity index is 0.00000109. The summed E-state index contributed by atoms with van der Waals surface area (Å²) in [6.07, 6.45) is 12.1. The third-order valence-electron chi connectivity index (χ3n) is 9.38. The van der Waals surface area contributed by atoms with Gasteiger partial charge in [-0.15, -0.1) is 0 Å². The van der Waals surface area contributed by atoms with Crippen LogP contribution in [0, 0.1) is 13.8 Å². The number of hydrogen-bond acceptors (Lipinski definition) is 3. The van der Waals surface area contributed by atoms with Gasteiger partial charge in [-0.3, -0.25) is 12.9 Å². The summed E-state index contributed by atoms with van der Waals surface area (Å²) in [6, 6.07) is 8.59. The molecular weight excluding hydrogens is 615 g/mol. The van der Waals surface area contributed by atoms with Gasteiger partial charge >= 0.3 is 7.54 Å². The van der Waals surface area contributed by atoms with Crippen LogP contribution in [0.3, 0.4) is 0 Å². The number of likely N-dealkylation sites (N-methyl/N-ethyl adjacent to an activating group) is 1. The van der Waals surface area contributed by atoms with E-state index in [4.69, 9.17) is 21.1 Å². The fraction of sp³-hybridized carbons (Fsp3) is 0.417.